The van der Waals surface area contributed by atoms with E-state index in [4.69, 9.17) is 29.9 Å². The van der Waals surface area contributed by atoms with Crippen LogP contribution < -0.4 is 0 Å². The van der Waals surface area contributed by atoms with Crippen molar-refractivity contribution in [3.63, 3.8) is 0 Å². The Balaban J connectivity index is 1.43. The van der Waals surface area contributed by atoms with Gasteiger partial charge in [0.25, 0.3) is 0 Å². The second-order valence-corrected chi connectivity index (χ2v) is 10.8. The van der Waals surface area contributed by atoms with Gasteiger partial charge in [0.15, 0.2) is 34.9 Å². The molecule has 46 heavy (non-hydrogen) atoms. The average molecular weight is 591 g/mol. The maximum atomic E-state index is 5.10. The standard InChI is InChI=1S/C40H26N6/c1-5-16-28(17-6-1)35-41-36(29-18-7-2-8-19-29)44-39(43-35)33-26-25-27-15-13-14-24-32(27)34(33)40-45-37(30-20-9-3-10-21-30)42-38(46-40)31-22-11-4-12-23-31/h1-26H. The molecule has 8 rings (SSSR count). The van der Waals surface area contributed by atoms with Gasteiger partial charge in [-0.3, -0.25) is 0 Å². The summed E-state index contributed by atoms with van der Waals surface area (Å²) in [5.74, 6) is 3.45. The molecule has 6 nitrogen and oxygen atoms in total. The summed E-state index contributed by atoms with van der Waals surface area (Å²) in [6.07, 6.45) is 0. The quantitative estimate of drug-likeness (QED) is 0.192. The third kappa shape index (κ3) is 5.29. The minimum absolute atomic E-state index is 0.538. The van der Waals surface area contributed by atoms with Gasteiger partial charge in [0.05, 0.1) is 0 Å². The predicted molar refractivity (Wildman–Crippen MR) is 183 cm³/mol. The molecule has 0 unspecified atom stereocenters. The molecule has 0 atom stereocenters. The van der Waals surface area contributed by atoms with Gasteiger partial charge in [-0.05, 0) is 16.8 Å². The molecule has 0 N–H and O–H groups in total. The van der Waals surface area contributed by atoms with Crippen LogP contribution in [0.25, 0.3) is 79.1 Å². The Labute approximate surface area is 266 Å². The molecule has 0 spiro atoms. The molecule has 0 fully saturated rings. The summed E-state index contributed by atoms with van der Waals surface area (Å²) in [4.78, 5) is 30.2. The molecular formula is C40H26N6. The number of rotatable bonds is 6. The summed E-state index contributed by atoms with van der Waals surface area (Å²) >= 11 is 0. The lowest BCUT2D eigenvalue weighted by Gasteiger charge is -2.15. The SMILES string of the molecule is c1ccc(-c2nc(-c3ccccc3)nc(-c3ccc4ccccc4c3-c3nc(-c4ccccc4)nc(-c4ccccc4)n3)n2)cc1. The first-order valence-electron chi connectivity index (χ1n) is 15.1. The van der Waals surface area contributed by atoms with Crippen molar-refractivity contribution in [2.75, 3.05) is 0 Å². The maximum Gasteiger partial charge on any atom is 0.165 e. The molecule has 0 radical (unpaired) electrons. The van der Waals surface area contributed by atoms with Crippen molar-refractivity contribution >= 4 is 10.8 Å². The summed E-state index contributed by atoms with van der Waals surface area (Å²) in [6.45, 7) is 0. The van der Waals surface area contributed by atoms with E-state index in [1.165, 1.54) is 0 Å². The lowest BCUT2D eigenvalue weighted by Crippen LogP contribution is -2.04. The molecule has 2 heterocycles. The van der Waals surface area contributed by atoms with Gasteiger partial charge in [-0.15, -0.1) is 0 Å². The Bertz CT molecular complexity index is 2180. The number of hydrogen-bond donors (Lipinski definition) is 0. The van der Waals surface area contributed by atoms with E-state index >= 15 is 0 Å². The van der Waals surface area contributed by atoms with E-state index in [1.54, 1.807) is 0 Å². The molecule has 0 bridgehead atoms. The minimum atomic E-state index is 0.538. The van der Waals surface area contributed by atoms with Crippen LogP contribution in [0.3, 0.4) is 0 Å². The number of aromatic nitrogens is 6. The van der Waals surface area contributed by atoms with Gasteiger partial charge in [-0.2, -0.15) is 0 Å². The van der Waals surface area contributed by atoms with Crippen LogP contribution in [0, 0.1) is 0 Å². The van der Waals surface area contributed by atoms with Crippen molar-refractivity contribution in [1.82, 2.24) is 29.9 Å². The normalized spacial score (nSPS) is 11.0. The lowest BCUT2D eigenvalue weighted by molar-refractivity contribution is 1.06. The summed E-state index contributed by atoms with van der Waals surface area (Å²) < 4.78 is 0. The first-order chi connectivity index (χ1) is 22.8. The molecule has 6 heteroatoms. The van der Waals surface area contributed by atoms with Crippen LogP contribution in [0.5, 0.6) is 0 Å². The third-order valence-corrected chi connectivity index (χ3v) is 7.79. The van der Waals surface area contributed by atoms with E-state index in [-0.39, 0.29) is 0 Å². The number of benzene rings is 6. The monoisotopic (exact) mass is 590 g/mol. The van der Waals surface area contributed by atoms with Gasteiger partial charge in [0.1, 0.15) is 0 Å². The van der Waals surface area contributed by atoms with E-state index in [1.807, 2.05) is 133 Å². The molecule has 0 saturated heterocycles. The maximum absolute atomic E-state index is 5.10. The third-order valence-electron chi connectivity index (χ3n) is 7.79. The van der Waals surface area contributed by atoms with Gasteiger partial charge in [0, 0.05) is 33.4 Å². The molecule has 8 aromatic rings. The Morgan fingerprint density at radius 3 is 1.04 bits per heavy atom. The molecule has 216 valence electrons. The van der Waals surface area contributed by atoms with Crippen LogP contribution >= 0.6 is 0 Å². The van der Waals surface area contributed by atoms with E-state index in [0.29, 0.717) is 34.9 Å². The highest BCUT2D eigenvalue weighted by Gasteiger charge is 2.21. The zero-order valence-corrected chi connectivity index (χ0v) is 24.7. The van der Waals surface area contributed by atoms with Crippen LogP contribution in [0.4, 0.5) is 0 Å². The second-order valence-electron chi connectivity index (χ2n) is 10.8. The Morgan fingerprint density at radius 2 is 0.609 bits per heavy atom. The van der Waals surface area contributed by atoms with E-state index in [0.717, 1.165) is 44.2 Å². The van der Waals surface area contributed by atoms with Gasteiger partial charge < -0.3 is 0 Å². The topological polar surface area (TPSA) is 77.3 Å². The summed E-state index contributed by atoms with van der Waals surface area (Å²) in [7, 11) is 0. The Morgan fingerprint density at radius 1 is 0.261 bits per heavy atom. The van der Waals surface area contributed by atoms with Crippen molar-refractivity contribution in [3.8, 4) is 68.3 Å². The lowest BCUT2D eigenvalue weighted by atomic mass is 9.97. The van der Waals surface area contributed by atoms with Crippen LogP contribution in [-0.2, 0) is 0 Å². The summed E-state index contributed by atoms with van der Waals surface area (Å²) in [5, 5.41) is 2.05. The summed E-state index contributed by atoms with van der Waals surface area (Å²) in [6, 6.07) is 52.4. The molecule has 2 aromatic heterocycles. The average Bonchev–Trinajstić information content (AvgIpc) is 3.15. The molecule has 0 aliphatic carbocycles. The first kappa shape index (κ1) is 27.2. The molecule has 0 amide bonds. The second kappa shape index (κ2) is 11.9. The van der Waals surface area contributed by atoms with Gasteiger partial charge >= 0.3 is 0 Å². The van der Waals surface area contributed by atoms with Gasteiger partial charge in [-0.1, -0.05) is 152 Å². The Kier molecular flexibility index (Phi) is 7.05. The molecule has 0 saturated carbocycles. The van der Waals surface area contributed by atoms with Gasteiger partial charge in [0.2, 0.25) is 0 Å². The summed E-state index contributed by atoms with van der Waals surface area (Å²) in [5.41, 5.74) is 5.26. The minimum Gasteiger partial charge on any atom is -0.208 e. The fourth-order valence-electron chi connectivity index (χ4n) is 5.55. The van der Waals surface area contributed by atoms with E-state index in [9.17, 15) is 0 Å². The van der Waals surface area contributed by atoms with E-state index in [2.05, 4.69) is 24.3 Å². The fraction of sp³-hybridized carbons (Fsp3) is 0. The van der Waals surface area contributed by atoms with Crippen molar-refractivity contribution in [2.24, 2.45) is 0 Å². The smallest absolute Gasteiger partial charge is 0.165 e. The number of fused-ring (bicyclic) bond motifs is 1. The molecule has 6 aromatic carbocycles. The highest BCUT2D eigenvalue weighted by Crippen LogP contribution is 2.38. The first-order valence-corrected chi connectivity index (χ1v) is 15.1. The van der Waals surface area contributed by atoms with Crippen molar-refractivity contribution in [3.05, 3.63) is 158 Å². The van der Waals surface area contributed by atoms with Crippen LogP contribution in [0.1, 0.15) is 0 Å². The number of hydrogen-bond acceptors (Lipinski definition) is 6. The molecular weight excluding hydrogens is 564 g/mol. The zero-order valence-electron chi connectivity index (χ0n) is 24.7. The Hall–Kier alpha value is -6.40. The van der Waals surface area contributed by atoms with E-state index < -0.39 is 0 Å². The predicted octanol–water partition coefficient (Wildman–Crippen LogP) is 9.21. The largest absolute Gasteiger partial charge is 0.208 e. The van der Waals surface area contributed by atoms with Gasteiger partial charge in [-0.25, -0.2) is 29.9 Å². The molecule has 0 aliphatic rings. The van der Waals surface area contributed by atoms with Crippen molar-refractivity contribution in [2.45, 2.75) is 0 Å². The highest BCUT2D eigenvalue weighted by molar-refractivity contribution is 6.02. The molecule has 0 aliphatic heterocycles. The fourth-order valence-corrected chi connectivity index (χ4v) is 5.55. The highest BCUT2D eigenvalue weighted by atomic mass is 15.1. The van der Waals surface area contributed by atoms with Crippen LogP contribution in [0.2, 0.25) is 0 Å². The van der Waals surface area contributed by atoms with Crippen molar-refractivity contribution < 1.29 is 0 Å². The van der Waals surface area contributed by atoms with Crippen molar-refractivity contribution in [1.29, 1.82) is 0 Å². The number of nitrogens with zero attached hydrogens (tertiary/aromatic N) is 6. The van der Waals surface area contributed by atoms with Crippen LogP contribution in [0.15, 0.2) is 158 Å². The van der Waals surface area contributed by atoms with Crippen LogP contribution in [-0.4, -0.2) is 29.9 Å². The zero-order chi connectivity index (χ0) is 30.7.